The molecule has 0 aliphatic rings. The molecule has 0 heterocycles. The highest BCUT2D eigenvalue weighted by Crippen LogP contribution is 2.16. The summed E-state index contributed by atoms with van der Waals surface area (Å²) in [4.78, 5) is 21.4. The third-order valence-corrected chi connectivity index (χ3v) is 2.02. The third-order valence-electron chi connectivity index (χ3n) is 2.02. The number of carbonyl (C=O) groups is 2. The predicted molar refractivity (Wildman–Crippen MR) is 55.5 cm³/mol. The molecule has 0 aliphatic carbocycles. The topological polar surface area (TPSA) is 113 Å². The first-order valence-electron chi connectivity index (χ1n) is 4.54. The van der Waals surface area contributed by atoms with Crippen molar-refractivity contribution in [2.24, 2.45) is 5.73 Å². The Morgan fingerprint density at radius 3 is 2.25 bits per heavy atom. The molecule has 86 valence electrons. The molecule has 0 bridgehead atoms. The van der Waals surface area contributed by atoms with Gasteiger partial charge in [-0.25, -0.2) is 9.59 Å². The Bertz CT molecular complexity index is 380. The van der Waals surface area contributed by atoms with E-state index in [-0.39, 0.29) is 0 Å². The Morgan fingerprint density at radius 2 is 1.81 bits per heavy atom. The van der Waals surface area contributed by atoms with Gasteiger partial charge in [-0.3, -0.25) is 0 Å². The van der Waals surface area contributed by atoms with Crippen LogP contribution >= 0.6 is 0 Å². The highest BCUT2D eigenvalue weighted by atomic mass is 16.4. The maximum Gasteiger partial charge on any atom is 0.329 e. The second-order valence-electron chi connectivity index (χ2n) is 3.18. The normalized spacial score (nSPS) is 13.8. The van der Waals surface area contributed by atoms with Crippen LogP contribution in [0.5, 0.6) is 0 Å². The average molecular weight is 224 g/mol. The summed E-state index contributed by atoms with van der Waals surface area (Å²) >= 11 is 0. The van der Waals surface area contributed by atoms with E-state index in [1.165, 1.54) is 0 Å². The van der Waals surface area contributed by atoms with Gasteiger partial charge in [0.2, 0.25) is 0 Å². The Balaban J connectivity index is 2.87. The summed E-state index contributed by atoms with van der Waals surface area (Å²) in [7, 11) is 0. The van der Waals surface area contributed by atoms with Crippen molar-refractivity contribution in [1.29, 1.82) is 0 Å². The van der Waals surface area contributed by atoms with Gasteiger partial charge in [0.25, 0.3) is 0 Å². The van der Waals surface area contributed by atoms with Gasteiger partial charge in [-0.2, -0.15) is 0 Å². The van der Waals surface area contributed by atoms with Gasteiger partial charge >= 0.3 is 12.0 Å². The number of hydrogen-bond acceptors (Lipinski definition) is 3. The van der Waals surface area contributed by atoms with Gasteiger partial charge in [-0.05, 0) is 5.56 Å². The first-order valence-corrected chi connectivity index (χ1v) is 4.54. The minimum absolute atomic E-state index is 0.392. The van der Waals surface area contributed by atoms with E-state index in [4.69, 9.17) is 10.8 Å². The molecule has 5 N–H and O–H groups in total. The number of carboxylic acids is 1. The molecule has 2 atom stereocenters. The number of hydrogen-bond donors (Lipinski definition) is 4. The van der Waals surface area contributed by atoms with Crippen LogP contribution in [0, 0.1) is 0 Å². The zero-order valence-electron chi connectivity index (χ0n) is 8.33. The molecule has 16 heavy (non-hydrogen) atoms. The molecule has 0 saturated heterocycles. The Hall–Kier alpha value is -2.08. The minimum atomic E-state index is -1.46. The number of nitrogens with two attached hydrogens (primary N) is 1. The van der Waals surface area contributed by atoms with Crippen molar-refractivity contribution in [3.63, 3.8) is 0 Å². The van der Waals surface area contributed by atoms with Gasteiger partial charge in [0.15, 0.2) is 6.04 Å². The lowest BCUT2D eigenvalue weighted by molar-refractivity contribution is -0.142. The number of benzene rings is 1. The zero-order chi connectivity index (χ0) is 12.1. The molecule has 1 aromatic rings. The highest BCUT2D eigenvalue weighted by molar-refractivity contribution is 5.82. The fourth-order valence-electron chi connectivity index (χ4n) is 1.27. The van der Waals surface area contributed by atoms with Crippen LogP contribution in [0.2, 0.25) is 0 Å². The lowest BCUT2D eigenvalue weighted by Gasteiger charge is -2.19. The van der Waals surface area contributed by atoms with Gasteiger partial charge in [-0.1, -0.05) is 30.3 Å². The van der Waals surface area contributed by atoms with E-state index in [9.17, 15) is 14.7 Å². The van der Waals surface area contributed by atoms with Crippen LogP contribution in [0.25, 0.3) is 0 Å². The van der Waals surface area contributed by atoms with Crippen LogP contribution in [-0.4, -0.2) is 28.3 Å². The van der Waals surface area contributed by atoms with Gasteiger partial charge in [0, 0.05) is 0 Å². The van der Waals surface area contributed by atoms with Crippen molar-refractivity contribution in [3.8, 4) is 0 Å². The molecular weight excluding hydrogens is 212 g/mol. The lowest BCUT2D eigenvalue weighted by atomic mass is 10.0. The van der Waals surface area contributed by atoms with Gasteiger partial charge in [-0.15, -0.1) is 0 Å². The fraction of sp³-hybridized carbons (Fsp3) is 0.200. The second-order valence-corrected chi connectivity index (χ2v) is 3.18. The maximum absolute atomic E-state index is 10.8. The smallest absolute Gasteiger partial charge is 0.329 e. The van der Waals surface area contributed by atoms with Crippen LogP contribution in [0.4, 0.5) is 4.79 Å². The predicted octanol–water partition coefficient (Wildman–Crippen LogP) is -0.158. The number of aliphatic carboxylic acids is 1. The summed E-state index contributed by atoms with van der Waals surface area (Å²) < 4.78 is 0. The van der Waals surface area contributed by atoms with E-state index in [1.807, 2.05) is 5.32 Å². The summed E-state index contributed by atoms with van der Waals surface area (Å²) in [5.41, 5.74) is 5.21. The average Bonchev–Trinajstić information content (AvgIpc) is 2.25. The van der Waals surface area contributed by atoms with Crippen molar-refractivity contribution in [2.45, 2.75) is 12.1 Å². The number of carboxylic acid groups (broad SMARTS) is 1. The molecule has 6 heteroatoms. The number of rotatable bonds is 4. The van der Waals surface area contributed by atoms with E-state index in [0.717, 1.165) is 0 Å². The van der Waals surface area contributed by atoms with Crippen molar-refractivity contribution in [1.82, 2.24) is 5.32 Å². The highest BCUT2D eigenvalue weighted by Gasteiger charge is 2.28. The van der Waals surface area contributed by atoms with E-state index >= 15 is 0 Å². The maximum atomic E-state index is 10.8. The zero-order valence-corrected chi connectivity index (χ0v) is 8.33. The molecular formula is C10H12N2O4. The van der Waals surface area contributed by atoms with Gasteiger partial charge in [0.1, 0.15) is 6.10 Å². The monoisotopic (exact) mass is 224 g/mol. The van der Waals surface area contributed by atoms with Crippen LogP contribution in [0.3, 0.4) is 0 Å². The summed E-state index contributed by atoms with van der Waals surface area (Å²) in [6, 6.07) is 5.70. The number of primary amides is 1. The summed E-state index contributed by atoms with van der Waals surface area (Å²) in [6.45, 7) is 0. The summed E-state index contributed by atoms with van der Waals surface area (Å²) in [6.07, 6.45) is -1.34. The third kappa shape index (κ3) is 2.96. The van der Waals surface area contributed by atoms with Crippen LogP contribution in [-0.2, 0) is 4.79 Å². The molecule has 0 unspecified atom stereocenters. The largest absolute Gasteiger partial charge is 0.480 e. The molecule has 0 aromatic heterocycles. The van der Waals surface area contributed by atoms with Crippen molar-refractivity contribution in [3.05, 3.63) is 35.9 Å². The molecule has 0 fully saturated rings. The van der Waals surface area contributed by atoms with Crippen LogP contribution < -0.4 is 11.1 Å². The number of amides is 2. The molecule has 1 rings (SSSR count). The molecule has 0 radical (unpaired) electrons. The molecule has 0 spiro atoms. The molecule has 0 aliphatic heterocycles. The lowest BCUT2D eigenvalue weighted by Crippen LogP contribution is -2.47. The number of aliphatic hydroxyl groups excluding tert-OH is 1. The van der Waals surface area contributed by atoms with Crippen molar-refractivity contribution < 1.29 is 19.8 Å². The van der Waals surface area contributed by atoms with Crippen molar-refractivity contribution in [2.75, 3.05) is 0 Å². The van der Waals surface area contributed by atoms with E-state index in [0.29, 0.717) is 5.56 Å². The second kappa shape index (κ2) is 5.13. The van der Waals surface area contributed by atoms with E-state index in [2.05, 4.69) is 0 Å². The van der Waals surface area contributed by atoms with E-state index < -0.39 is 24.1 Å². The first-order chi connectivity index (χ1) is 7.52. The van der Waals surface area contributed by atoms with Crippen LogP contribution in [0.1, 0.15) is 11.7 Å². The van der Waals surface area contributed by atoms with Gasteiger partial charge in [0.05, 0.1) is 0 Å². The fourth-order valence-corrected chi connectivity index (χ4v) is 1.27. The number of urea groups is 1. The summed E-state index contributed by atoms with van der Waals surface area (Å²) in [5, 5.41) is 20.5. The summed E-state index contributed by atoms with van der Waals surface area (Å²) in [5.74, 6) is -1.35. The number of carbonyl (C=O) groups excluding carboxylic acids is 1. The first kappa shape index (κ1) is 12.0. The molecule has 0 saturated carbocycles. The minimum Gasteiger partial charge on any atom is -0.480 e. The van der Waals surface area contributed by atoms with Crippen LogP contribution in [0.15, 0.2) is 30.3 Å². The SMILES string of the molecule is NC(=O)N[C@@H](C(=O)O)[C@H](O)c1ccccc1. The van der Waals surface area contributed by atoms with E-state index in [1.54, 1.807) is 30.3 Å². The standard InChI is InChI=1S/C10H12N2O4/c11-10(16)12-7(9(14)15)8(13)6-4-2-1-3-5-6/h1-5,7-8,13H,(H,14,15)(H3,11,12,16)/t7-,8-/m1/s1. The molecule has 1 aromatic carbocycles. The number of nitrogens with one attached hydrogen (secondary N) is 1. The molecule has 6 nitrogen and oxygen atoms in total. The van der Waals surface area contributed by atoms with Gasteiger partial charge < -0.3 is 21.3 Å². The quantitative estimate of drug-likeness (QED) is 0.569. The Morgan fingerprint density at radius 1 is 1.25 bits per heavy atom. The Kier molecular flexibility index (Phi) is 3.84. The number of aliphatic hydroxyl groups is 1. The Labute approximate surface area is 91.7 Å². The molecule has 2 amide bonds. The van der Waals surface area contributed by atoms with Crippen molar-refractivity contribution >= 4 is 12.0 Å².